The van der Waals surface area contributed by atoms with E-state index in [1.165, 1.54) is 32.1 Å². The summed E-state index contributed by atoms with van der Waals surface area (Å²) in [6.45, 7) is 0. The Morgan fingerprint density at radius 3 is 2.08 bits per heavy atom. The average Bonchev–Trinajstić information content (AvgIpc) is 2.56. The minimum absolute atomic E-state index is 0.0855. The third kappa shape index (κ3) is 11.2. The summed E-state index contributed by atoms with van der Waals surface area (Å²) in [6, 6.07) is 0. The zero-order valence-corrected chi connectivity index (χ0v) is 14.5. The van der Waals surface area contributed by atoms with Crippen molar-refractivity contribution in [3.63, 3.8) is 0 Å². The number of hydrogen-bond donors (Lipinski definition) is 3. The van der Waals surface area contributed by atoms with Gasteiger partial charge in [0, 0.05) is 6.42 Å². The summed E-state index contributed by atoms with van der Waals surface area (Å²) in [7, 11) is 0. The molecule has 136 valence electrons. The second kappa shape index (κ2) is 13.0. The predicted molar refractivity (Wildman–Crippen MR) is 96.7 cm³/mol. The molecule has 0 heterocycles. The van der Waals surface area contributed by atoms with E-state index in [4.69, 9.17) is 5.11 Å². The van der Waals surface area contributed by atoms with E-state index in [2.05, 4.69) is 0 Å². The van der Waals surface area contributed by atoms with E-state index < -0.39 is 12.1 Å². The number of hydrogen-bond acceptors (Lipinski definition) is 3. The van der Waals surface area contributed by atoms with Crippen molar-refractivity contribution >= 4 is 5.97 Å². The van der Waals surface area contributed by atoms with Gasteiger partial charge in [0.25, 0.3) is 0 Å². The molecule has 0 aromatic heterocycles. The molecule has 0 spiro atoms. The maximum absolute atomic E-state index is 10.4. The molecule has 0 unspecified atom stereocenters. The Balaban J connectivity index is 2.11. The zero-order chi connectivity index (χ0) is 17.6. The summed E-state index contributed by atoms with van der Waals surface area (Å²) < 4.78 is 0. The van der Waals surface area contributed by atoms with Gasteiger partial charge >= 0.3 is 5.97 Å². The van der Waals surface area contributed by atoms with Gasteiger partial charge in [-0.2, -0.15) is 0 Å². The number of aliphatic hydroxyl groups is 2. The van der Waals surface area contributed by atoms with Gasteiger partial charge in [-0.25, -0.2) is 0 Å². The molecule has 1 saturated carbocycles. The highest BCUT2D eigenvalue weighted by atomic mass is 16.4. The summed E-state index contributed by atoms with van der Waals surface area (Å²) in [6.07, 6.45) is 19.3. The predicted octanol–water partition coefficient (Wildman–Crippen LogP) is 3.99. The molecular formula is C20H32O4. The van der Waals surface area contributed by atoms with Crippen LogP contribution in [0.1, 0.15) is 64.2 Å². The van der Waals surface area contributed by atoms with E-state index in [0.717, 1.165) is 18.8 Å². The van der Waals surface area contributed by atoms with E-state index in [9.17, 15) is 15.0 Å². The van der Waals surface area contributed by atoms with Gasteiger partial charge in [0.05, 0.1) is 12.2 Å². The first-order valence-electron chi connectivity index (χ1n) is 9.17. The van der Waals surface area contributed by atoms with Gasteiger partial charge in [-0.15, -0.1) is 0 Å². The molecule has 4 nitrogen and oxygen atoms in total. The molecule has 1 fully saturated rings. The van der Waals surface area contributed by atoms with E-state index in [1.807, 2.05) is 12.2 Å². The number of carbonyl (C=O) groups is 1. The van der Waals surface area contributed by atoms with Crippen molar-refractivity contribution in [2.45, 2.75) is 76.4 Å². The Morgan fingerprint density at radius 2 is 1.50 bits per heavy atom. The van der Waals surface area contributed by atoms with Crippen LogP contribution in [0.2, 0.25) is 0 Å². The monoisotopic (exact) mass is 336 g/mol. The molecule has 3 N–H and O–H groups in total. The second-order valence-corrected chi connectivity index (χ2v) is 6.66. The number of aliphatic carboxylic acids is 1. The number of carboxylic acids is 1. The first-order chi connectivity index (χ1) is 11.6. The van der Waals surface area contributed by atoms with Gasteiger partial charge in [0.2, 0.25) is 0 Å². The largest absolute Gasteiger partial charge is 0.481 e. The van der Waals surface area contributed by atoms with Crippen LogP contribution in [0.15, 0.2) is 36.5 Å². The molecule has 0 amide bonds. The highest BCUT2D eigenvalue weighted by Gasteiger charge is 2.13. The van der Waals surface area contributed by atoms with Crippen LogP contribution in [-0.4, -0.2) is 33.5 Å². The minimum atomic E-state index is -0.835. The maximum Gasteiger partial charge on any atom is 0.303 e. The fraction of sp³-hybridized carbons (Fsp3) is 0.650. The lowest BCUT2D eigenvalue weighted by Gasteiger charge is -2.21. The molecule has 2 atom stereocenters. The van der Waals surface area contributed by atoms with Crippen LogP contribution in [0.4, 0.5) is 0 Å². The number of aliphatic hydroxyl groups excluding tert-OH is 2. The van der Waals surface area contributed by atoms with E-state index in [-0.39, 0.29) is 12.5 Å². The van der Waals surface area contributed by atoms with Gasteiger partial charge in [0.15, 0.2) is 0 Å². The third-order valence-electron chi connectivity index (χ3n) is 4.49. The molecular weight excluding hydrogens is 304 g/mol. The van der Waals surface area contributed by atoms with Gasteiger partial charge in [-0.1, -0.05) is 68.6 Å². The standard InChI is InChI=1S/C20H32O4/c21-18(13-8-14-20(23)24)11-6-1-2-7-12-19(22)16-15-17-9-4-3-5-10-17/h1-2,6-7,11-12,17-19,21-22H,3-5,8-10,13-16H2,(H,23,24)/b2-1+,11-6-,12-7+/t18-,19+/m0/s1. The topological polar surface area (TPSA) is 77.8 Å². The number of carboxylic acid groups (broad SMARTS) is 1. The van der Waals surface area contributed by atoms with Crippen LogP contribution >= 0.6 is 0 Å². The van der Waals surface area contributed by atoms with Gasteiger partial charge in [-0.05, 0) is 31.6 Å². The molecule has 0 bridgehead atoms. The molecule has 0 aromatic carbocycles. The van der Waals surface area contributed by atoms with Crippen LogP contribution in [0.25, 0.3) is 0 Å². The molecule has 0 aliphatic heterocycles. The van der Waals surface area contributed by atoms with Crippen LogP contribution in [-0.2, 0) is 4.79 Å². The Labute approximate surface area is 145 Å². The fourth-order valence-electron chi connectivity index (χ4n) is 3.05. The summed E-state index contributed by atoms with van der Waals surface area (Å²) in [5, 5.41) is 28.1. The number of rotatable bonds is 11. The normalized spacial score (nSPS) is 19.4. The SMILES string of the molecule is O=C(O)CCC[C@@H](O)\C=C/C=C/C=C/[C@@H](O)CCC1CCCCC1. The molecule has 1 rings (SSSR count). The lowest BCUT2D eigenvalue weighted by Crippen LogP contribution is -2.10. The fourth-order valence-corrected chi connectivity index (χ4v) is 3.05. The smallest absolute Gasteiger partial charge is 0.303 e. The maximum atomic E-state index is 10.4. The molecule has 1 aliphatic carbocycles. The van der Waals surface area contributed by atoms with Crippen LogP contribution in [0.3, 0.4) is 0 Å². The Morgan fingerprint density at radius 1 is 0.917 bits per heavy atom. The van der Waals surface area contributed by atoms with Gasteiger partial charge < -0.3 is 15.3 Å². The van der Waals surface area contributed by atoms with Crippen molar-refractivity contribution in [2.75, 3.05) is 0 Å². The molecule has 1 aliphatic rings. The average molecular weight is 336 g/mol. The number of allylic oxidation sites excluding steroid dienone is 4. The molecule has 0 aromatic rings. The second-order valence-electron chi connectivity index (χ2n) is 6.66. The van der Waals surface area contributed by atoms with Crippen LogP contribution < -0.4 is 0 Å². The Kier molecular flexibility index (Phi) is 11.2. The van der Waals surface area contributed by atoms with Crippen molar-refractivity contribution in [3.8, 4) is 0 Å². The highest BCUT2D eigenvalue weighted by molar-refractivity contribution is 5.66. The van der Waals surface area contributed by atoms with E-state index in [1.54, 1.807) is 24.3 Å². The summed E-state index contributed by atoms with van der Waals surface area (Å²) in [5.74, 6) is -0.0406. The summed E-state index contributed by atoms with van der Waals surface area (Å²) in [4.78, 5) is 10.4. The molecule has 24 heavy (non-hydrogen) atoms. The van der Waals surface area contributed by atoms with Crippen LogP contribution in [0.5, 0.6) is 0 Å². The first kappa shape index (κ1) is 20.7. The highest BCUT2D eigenvalue weighted by Crippen LogP contribution is 2.27. The minimum Gasteiger partial charge on any atom is -0.481 e. The Hall–Kier alpha value is -1.39. The van der Waals surface area contributed by atoms with Gasteiger partial charge in [0.1, 0.15) is 0 Å². The molecule has 0 radical (unpaired) electrons. The lowest BCUT2D eigenvalue weighted by atomic mass is 9.85. The van der Waals surface area contributed by atoms with Crippen molar-refractivity contribution < 1.29 is 20.1 Å². The Bertz CT molecular complexity index is 419. The van der Waals surface area contributed by atoms with E-state index >= 15 is 0 Å². The van der Waals surface area contributed by atoms with Crippen molar-refractivity contribution in [1.82, 2.24) is 0 Å². The molecule has 0 saturated heterocycles. The third-order valence-corrected chi connectivity index (χ3v) is 4.49. The molecule has 4 heteroatoms. The summed E-state index contributed by atoms with van der Waals surface area (Å²) in [5.41, 5.74) is 0. The lowest BCUT2D eigenvalue weighted by molar-refractivity contribution is -0.137. The van der Waals surface area contributed by atoms with Crippen molar-refractivity contribution in [1.29, 1.82) is 0 Å². The van der Waals surface area contributed by atoms with Crippen molar-refractivity contribution in [3.05, 3.63) is 36.5 Å². The quantitative estimate of drug-likeness (QED) is 0.499. The van der Waals surface area contributed by atoms with Crippen LogP contribution in [0, 0.1) is 5.92 Å². The van der Waals surface area contributed by atoms with Gasteiger partial charge in [-0.3, -0.25) is 4.79 Å². The summed E-state index contributed by atoms with van der Waals surface area (Å²) >= 11 is 0. The first-order valence-corrected chi connectivity index (χ1v) is 9.17. The zero-order valence-electron chi connectivity index (χ0n) is 14.5. The van der Waals surface area contributed by atoms with E-state index in [0.29, 0.717) is 12.8 Å². The van der Waals surface area contributed by atoms with Crippen molar-refractivity contribution in [2.24, 2.45) is 5.92 Å².